The summed E-state index contributed by atoms with van der Waals surface area (Å²) >= 11 is -4.08. The fraction of sp³-hybridized carbons (Fsp3) is 0. The number of hydrogen-bond donors (Lipinski definition) is 0. The van der Waals surface area contributed by atoms with E-state index in [4.69, 9.17) is 10.7 Å². The van der Waals surface area contributed by atoms with Crippen molar-refractivity contribution in [2.24, 2.45) is 0 Å². The van der Waals surface area contributed by atoms with E-state index in [9.17, 15) is 0 Å². The van der Waals surface area contributed by atoms with Gasteiger partial charge in [-0.25, -0.2) is 0 Å². The van der Waals surface area contributed by atoms with E-state index in [0.717, 1.165) is 0 Å². The van der Waals surface area contributed by atoms with Gasteiger partial charge in [-0.1, -0.05) is 0 Å². The summed E-state index contributed by atoms with van der Waals surface area (Å²) in [5, 5.41) is 0. The van der Waals surface area contributed by atoms with Crippen LogP contribution in [0.15, 0.2) is 0 Å². The summed E-state index contributed by atoms with van der Waals surface area (Å²) in [6.45, 7) is 0. The molecule has 0 aromatic carbocycles. The maximum absolute atomic E-state index is 8.58. The number of rotatable bonds is 0. The molecular weight excluding hydrogens is 321 g/mol. The predicted molar refractivity (Wildman–Crippen MR) is 15.0 cm³/mol. The van der Waals surface area contributed by atoms with Crippen LogP contribution in [0.4, 0.5) is 0 Å². The van der Waals surface area contributed by atoms with E-state index in [1.165, 1.54) is 0 Å². The van der Waals surface area contributed by atoms with Crippen molar-refractivity contribution in [2.75, 3.05) is 0 Å². The third-order valence-corrected chi connectivity index (χ3v) is 0. The molecule has 0 amide bonds. The molecule has 0 rings (SSSR count). The van der Waals surface area contributed by atoms with Crippen LogP contribution in [0, 0.1) is 0 Å². The van der Waals surface area contributed by atoms with Crippen LogP contribution in [0.2, 0.25) is 0 Å². The zero-order chi connectivity index (χ0) is 3.58. The fourth-order valence-electron chi connectivity index (χ4n) is 0. The molecule has 0 aromatic heterocycles. The van der Waals surface area contributed by atoms with E-state index in [2.05, 4.69) is 0 Å². The summed E-state index contributed by atoms with van der Waals surface area (Å²) in [7, 11) is 0. The summed E-state index contributed by atoms with van der Waals surface area (Å²) in [5.41, 5.74) is 0. The molecule has 0 N–H and O–H groups in total. The summed E-state index contributed by atoms with van der Waals surface area (Å²) in [5.74, 6) is 0. The molecule has 0 fully saturated rings. The molecule has 0 unspecified atom stereocenters. The second-order valence-corrected chi connectivity index (χ2v) is 1.03. The Kier molecular flexibility index (Phi) is 30.6. The molecule has 0 aliphatic carbocycles. The van der Waals surface area contributed by atoms with Gasteiger partial charge in [-0.3, -0.25) is 0 Å². The summed E-state index contributed by atoms with van der Waals surface area (Å²) in [4.78, 5) is 0. The summed E-state index contributed by atoms with van der Waals surface area (Å²) in [6.07, 6.45) is 0. The first-order valence-corrected chi connectivity index (χ1v) is 2.52. The molecule has 3 nitrogen and oxygen atoms in total. The first-order chi connectivity index (χ1) is 1.73. The average Bonchev–Trinajstić information content (AvgIpc) is 0.811. The normalized spacial score (nSPS) is 4.33. The van der Waals surface area contributed by atoms with Crippen LogP contribution in [-0.2, 0) is 21.9 Å². The van der Waals surface area contributed by atoms with Crippen molar-refractivity contribution in [2.45, 2.75) is 0 Å². The fourth-order valence-corrected chi connectivity index (χ4v) is 0. The maximum atomic E-state index is 8.58. The van der Waals surface area contributed by atoms with Crippen LogP contribution in [0.1, 0.15) is 0 Å². The molecule has 0 aromatic rings. The first-order valence-electron chi connectivity index (χ1n) is 0.612. The molecular formula is H2BaO3SrTi. The Morgan fingerprint density at radius 3 is 1.33 bits per heavy atom. The molecule has 0 aliphatic rings. The molecule has 0 saturated carbocycles. The van der Waals surface area contributed by atoms with Gasteiger partial charge in [-0.05, 0) is 0 Å². The third-order valence-electron chi connectivity index (χ3n) is 0. The van der Waals surface area contributed by atoms with Crippen molar-refractivity contribution in [1.29, 1.82) is 0 Å². The van der Waals surface area contributed by atoms with Crippen molar-refractivity contribution in [3.63, 3.8) is 0 Å². The minimum absolute atomic E-state index is 0. The molecule has 0 spiro atoms. The van der Waals surface area contributed by atoms with Crippen LogP contribution in [0.25, 0.3) is 0 Å². The van der Waals surface area contributed by atoms with Gasteiger partial charge in [0, 0.05) is 0 Å². The first kappa shape index (κ1) is 16.2. The molecule has 0 saturated heterocycles. The van der Waals surface area contributed by atoms with Gasteiger partial charge in [0.25, 0.3) is 0 Å². The molecule has 0 radical (unpaired) electrons. The zero-order valence-corrected chi connectivity index (χ0v) is 8.43. The van der Waals surface area contributed by atoms with Gasteiger partial charge in [0.1, 0.15) is 0 Å². The number of hydrogen-bond acceptors (Lipinski definition) is 3. The summed E-state index contributed by atoms with van der Waals surface area (Å²) < 4.78 is 25.8. The van der Waals surface area contributed by atoms with Gasteiger partial charge >= 0.3 is 124 Å². The van der Waals surface area contributed by atoms with Crippen LogP contribution < -0.4 is 7.38 Å². The molecule has 0 aliphatic heterocycles. The van der Waals surface area contributed by atoms with Crippen molar-refractivity contribution in [1.82, 2.24) is 0 Å². The zero-order valence-electron chi connectivity index (χ0n) is 2.43. The van der Waals surface area contributed by atoms with Gasteiger partial charge in [0.2, 0.25) is 0 Å². The second-order valence-electron chi connectivity index (χ2n) is 0.250. The summed E-state index contributed by atoms with van der Waals surface area (Å²) in [6, 6.07) is 0. The van der Waals surface area contributed by atoms with Crippen LogP contribution in [0.3, 0.4) is 0 Å². The van der Waals surface area contributed by atoms with Crippen LogP contribution in [0.5, 0.6) is 0 Å². The Hall–Kier alpha value is 3.49. The Balaban J connectivity index is -0.0000000450. The average molecular weight is 323 g/mol. The third kappa shape index (κ3) is 25.9. The van der Waals surface area contributed by atoms with E-state index < -0.39 is 18.6 Å². The molecule has 0 bridgehead atoms. The molecule has 0 heterocycles. The van der Waals surface area contributed by atoms with Crippen LogP contribution in [-0.4, -0.2) is 94.4 Å². The Morgan fingerprint density at radius 2 is 1.33 bits per heavy atom. The Labute approximate surface area is 120 Å². The minimum atomic E-state index is -4.08. The SMILES string of the molecule is [Ba+2].[O]=[Ti]([O-])[O-].[SrH2]. The van der Waals surface area contributed by atoms with Gasteiger partial charge < -0.3 is 0 Å². The van der Waals surface area contributed by atoms with Gasteiger partial charge in [0.15, 0.2) is 0 Å². The van der Waals surface area contributed by atoms with E-state index in [1.807, 2.05) is 0 Å². The molecule has 6 heavy (non-hydrogen) atoms. The Bertz CT molecular complexity index is 33.8. The van der Waals surface area contributed by atoms with Gasteiger partial charge in [-0.15, -0.1) is 0 Å². The monoisotopic (exact) mass is 324 g/mol. The van der Waals surface area contributed by atoms with E-state index in [-0.39, 0.29) is 94.4 Å². The topological polar surface area (TPSA) is 63.2 Å². The van der Waals surface area contributed by atoms with Gasteiger partial charge in [0.05, 0.1) is 0 Å². The van der Waals surface area contributed by atoms with Crippen molar-refractivity contribution in [3.05, 3.63) is 0 Å². The van der Waals surface area contributed by atoms with Crippen molar-refractivity contribution < 1.29 is 29.3 Å². The standard InChI is InChI=1S/Ba.3O.Sr.Ti.2H/q+2;;2*-1;;;;. The Morgan fingerprint density at radius 1 is 1.33 bits per heavy atom. The quantitative estimate of drug-likeness (QED) is 0.430. The van der Waals surface area contributed by atoms with Gasteiger partial charge in [-0.2, -0.15) is 0 Å². The van der Waals surface area contributed by atoms with E-state index in [1.54, 1.807) is 0 Å². The predicted octanol–water partition coefficient (Wildman–Crippen LogP) is -3.80. The van der Waals surface area contributed by atoms with Crippen LogP contribution >= 0.6 is 0 Å². The molecule has 0 atom stereocenters. The van der Waals surface area contributed by atoms with E-state index >= 15 is 0 Å². The van der Waals surface area contributed by atoms with Crippen molar-refractivity contribution in [3.8, 4) is 0 Å². The van der Waals surface area contributed by atoms with E-state index in [0.29, 0.717) is 0 Å². The molecule has 28 valence electrons. The van der Waals surface area contributed by atoms with Crippen molar-refractivity contribution >= 4 is 94.4 Å². The second kappa shape index (κ2) is 11.3. The molecule has 6 heteroatoms.